The van der Waals surface area contributed by atoms with Gasteiger partial charge >= 0.3 is 0 Å². The molecule has 2 atom stereocenters. The third kappa shape index (κ3) is 3.82. The highest BCUT2D eigenvalue weighted by molar-refractivity contribution is 5.96. The molecule has 1 aromatic heterocycles. The van der Waals surface area contributed by atoms with Crippen LogP contribution in [0, 0.1) is 17.8 Å². The highest BCUT2D eigenvalue weighted by Crippen LogP contribution is 2.80. The maximum atomic E-state index is 5.34. The molecule has 0 amide bonds. The normalized spacial score (nSPS) is 29.9. The van der Waals surface area contributed by atoms with Crippen molar-refractivity contribution in [2.45, 2.75) is 45.1 Å². The Balaban J connectivity index is 1.29. The Morgan fingerprint density at radius 2 is 1.82 bits per heavy atom. The first-order valence-electron chi connectivity index (χ1n) is 13.4. The second kappa shape index (κ2) is 8.67. The summed E-state index contributed by atoms with van der Waals surface area (Å²) in [5.74, 6) is 3.53. The number of nitrogens with zero attached hydrogens (tertiary/aromatic N) is 5. The molecule has 3 aliphatic heterocycles. The Bertz CT molecular complexity index is 1100. The van der Waals surface area contributed by atoms with Crippen LogP contribution < -0.4 is 4.90 Å². The molecule has 5 heteroatoms. The number of hydrogen-bond acceptors (Lipinski definition) is 5. The highest BCUT2D eigenvalue weighted by Gasteiger charge is 2.83. The van der Waals surface area contributed by atoms with Crippen molar-refractivity contribution in [2.75, 3.05) is 51.2 Å². The predicted octanol–water partition coefficient (Wildman–Crippen LogP) is 4.84. The van der Waals surface area contributed by atoms with E-state index >= 15 is 0 Å². The van der Waals surface area contributed by atoms with Crippen LogP contribution in [0.3, 0.4) is 0 Å². The molecular weight excluding hydrogens is 418 g/mol. The quantitative estimate of drug-likeness (QED) is 0.531. The van der Waals surface area contributed by atoms with Gasteiger partial charge in [-0.1, -0.05) is 44.4 Å². The molecule has 5 nitrogen and oxygen atoms in total. The zero-order chi connectivity index (χ0) is 23.3. The van der Waals surface area contributed by atoms with E-state index in [9.17, 15) is 0 Å². The molecule has 7 rings (SSSR count). The topological polar surface area (TPSA) is 35.0 Å². The van der Waals surface area contributed by atoms with Gasteiger partial charge in [0, 0.05) is 50.9 Å². The summed E-state index contributed by atoms with van der Waals surface area (Å²) in [5, 5.41) is 1.23. The first kappa shape index (κ1) is 22.1. The average Bonchev–Trinajstić information content (AvgIpc) is 3.75. The van der Waals surface area contributed by atoms with Crippen molar-refractivity contribution in [3.8, 4) is 0 Å². The van der Waals surface area contributed by atoms with Gasteiger partial charge in [0.2, 0.25) is 0 Å². The molecule has 0 radical (unpaired) electrons. The van der Waals surface area contributed by atoms with Gasteiger partial charge in [-0.3, -0.25) is 9.98 Å². The maximum absolute atomic E-state index is 5.34. The van der Waals surface area contributed by atoms with E-state index in [-0.39, 0.29) is 5.54 Å². The van der Waals surface area contributed by atoms with Gasteiger partial charge in [0.05, 0.1) is 16.7 Å². The standard InChI is InChI=1S/C29H39N5/c1-4-5-6-7-14-34(23-12-8-10-21-11-9-13-30-28(21)23)20-22-19-24(33-17-15-32(3)16-18-33)31-29(2)26-25(22)27(26)29/h8-13,19,25-27H,4-7,14-18,20H2,1-3H3. The smallest absolute Gasteiger partial charge is 0.124 e. The van der Waals surface area contributed by atoms with Gasteiger partial charge in [-0.25, -0.2) is 0 Å². The summed E-state index contributed by atoms with van der Waals surface area (Å²) < 4.78 is 0. The van der Waals surface area contributed by atoms with Crippen molar-refractivity contribution in [1.29, 1.82) is 0 Å². The van der Waals surface area contributed by atoms with E-state index in [2.05, 4.69) is 65.9 Å². The van der Waals surface area contributed by atoms with Gasteiger partial charge in [0.25, 0.3) is 0 Å². The van der Waals surface area contributed by atoms with Crippen molar-refractivity contribution in [3.63, 3.8) is 0 Å². The van der Waals surface area contributed by atoms with Crippen LogP contribution in [0.1, 0.15) is 39.5 Å². The summed E-state index contributed by atoms with van der Waals surface area (Å²) in [6.07, 6.45) is 9.54. The number of piperazine rings is 1. The number of amidine groups is 1. The van der Waals surface area contributed by atoms with E-state index in [4.69, 9.17) is 9.98 Å². The molecule has 2 saturated carbocycles. The van der Waals surface area contributed by atoms with Gasteiger partial charge in [-0.15, -0.1) is 0 Å². The first-order valence-corrected chi connectivity index (χ1v) is 13.4. The number of hydrogen-bond donors (Lipinski definition) is 0. The van der Waals surface area contributed by atoms with Gasteiger partial charge < -0.3 is 14.7 Å². The minimum absolute atomic E-state index is 0.203. The Hall–Kier alpha value is -2.40. The zero-order valence-corrected chi connectivity index (χ0v) is 21.1. The summed E-state index contributed by atoms with van der Waals surface area (Å²) in [7, 11) is 2.23. The molecule has 5 aliphatic rings. The van der Waals surface area contributed by atoms with Crippen molar-refractivity contribution in [3.05, 3.63) is 48.2 Å². The largest absolute Gasteiger partial charge is 0.366 e. The van der Waals surface area contributed by atoms with Crippen LogP contribution in [0.4, 0.5) is 5.69 Å². The van der Waals surface area contributed by atoms with Crippen LogP contribution in [0.25, 0.3) is 10.9 Å². The molecular formula is C29H39N5. The fourth-order valence-electron chi connectivity index (χ4n) is 6.56. The number of rotatable bonds is 8. The maximum Gasteiger partial charge on any atom is 0.124 e. The number of aliphatic imine (C=N–C) groups is 1. The van der Waals surface area contributed by atoms with Gasteiger partial charge in [0.1, 0.15) is 5.84 Å². The highest BCUT2D eigenvalue weighted by atomic mass is 15.3. The Labute approximate surface area is 204 Å². The monoisotopic (exact) mass is 457 g/mol. The summed E-state index contributed by atoms with van der Waals surface area (Å²) in [6, 6.07) is 10.9. The number of unbranched alkanes of at least 4 members (excludes halogenated alkanes) is 3. The average molecular weight is 458 g/mol. The van der Waals surface area contributed by atoms with E-state index < -0.39 is 0 Å². The van der Waals surface area contributed by atoms with E-state index in [1.807, 2.05) is 12.3 Å². The first-order chi connectivity index (χ1) is 16.6. The minimum Gasteiger partial charge on any atom is -0.366 e. The number of anilines is 1. The lowest BCUT2D eigenvalue weighted by atomic mass is 9.94. The number of aromatic nitrogens is 1. The van der Waals surface area contributed by atoms with Crippen LogP contribution in [-0.2, 0) is 0 Å². The third-order valence-electron chi connectivity index (χ3n) is 8.79. The minimum atomic E-state index is 0.203. The number of fused-ring (bicyclic) bond motifs is 2. The van der Waals surface area contributed by atoms with Crippen molar-refractivity contribution < 1.29 is 0 Å². The van der Waals surface area contributed by atoms with Crippen molar-refractivity contribution in [1.82, 2.24) is 14.8 Å². The molecule has 1 saturated heterocycles. The summed E-state index contributed by atoms with van der Waals surface area (Å²) in [4.78, 5) is 17.7. The van der Waals surface area contributed by atoms with Crippen LogP contribution in [0.2, 0.25) is 0 Å². The fraction of sp³-hybridized carbons (Fsp3) is 0.586. The second-order valence-corrected chi connectivity index (χ2v) is 11.1. The summed E-state index contributed by atoms with van der Waals surface area (Å²) in [5.41, 5.74) is 4.23. The molecule has 0 N–H and O–H groups in total. The molecule has 180 valence electrons. The second-order valence-electron chi connectivity index (χ2n) is 11.1. The Kier molecular flexibility index (Phi) is 5.63. The van der Waals surface area contributed by atoms with Crippen LogP contribution in [0.5, 0.6) is 0 Å². The van der Waals surface area contributed by atoms with E-state index in [0.717, 1.165) is 62.5 Å². The lowest BCUT2D eigenvalue weighted by Gasteiger charge is -2.34. The third-order valence-corrected chi connectivity index (χ3v) is 8.79. The summed E-state index contributed by atoms with van der Waals surface area (Å²) in [6.45, 7) is 11.2. The van der Waals surface area contributed by atoms with E-state index in [1.165, 1.54) is 42.6 Å². The van der Waals surface area contributed by atoms with Gasteiger partial charge in [-0.05, 0) is 61.9 Å². The van der Waals surface area contributed by atoms with E-state index in [0.29, 0.717) is 0 Å². The number of likely N-dealkylation sites (N-methyl/N-ethyl adjacent to an activating group) is 1. The number of para-hydroxylation sites is 1. The Morgan fingerprint density at radius 3 is 2.62 bits per heavy atom. The van der Waals surface area contributed by atoms with Crippen LogP contribution in [-0.4, -0.2) is 72.5 Å². The lowest BCUT2D eigenvalue weighted by molar-refractivity contribution is 0.215. The molecule has 2 bridgehead atoms. The van der Waals surface area contributed by atoms with Crippen molar-refractivity contribution >= 4 is 22.4 Å². The molecule has 2 aromatic rings. The molecule has 0 spiro atoms. The van der Waals surface area contributed by atoms with Crippen LogP contribution >= 0.6 is 0 Å². The van der Waals surface area contributed by atoms with Gasteiger partial charge in [-0.2, -0.15) is 0 Å². The molecule has 1 aromatic carbocycles. The van der Waals surface area contributed by atoms with Crippen molar-refractivity contribution in [2.24, 2.45) is 22.7 Å². The SMILES string of the molecule is CCCCCCN(CC1=CC(N2CCN(C)CC2)=NC2(C)C3C1C32)c1cccc2cccnc12. The van der Waals surface area contributed by atoms with Gasteiger partial charge in [0.15, 0.2) is 0 Å². The predicted molar refractivity (Wildman–Crippen MR) is 142 cm³/mol. The molecule has 34 heavy (non-hydrogen) atoms. The lowest BCUT2D eigenvalue weighted by Crippen LogP contribution is -2.47. The molecule has 2 unspecified atom stereocenters. The zero-order valence-electron chi connectivity index (χ0n) is 21.1. The van der Waals surface area contributed by atoms with Crippen LogP contribution in [0.15, 0.2) is 53.2 Å². The molecule has 4 heterocycles. The molecule has 2 aliphatic carbocycles. The van der Waals surface area contributed by atoms with E-state index in [1.54, 1.807) is 5.57 Å². The number of pyridine rings is 1. The number of benzene rings is 1. The fourth-order valence-corrected chi connectivity index (χ4v) is 6.56. The Morgan fingerprint density at radius 1 is 1.03 bits per heavy atom. The molecule has 3 fully saturated rings. The summed E-state index contributed by atoms with van der Waals surface area (Å²) >= 11 is 0.